The summed E-state index contributed by atoms with van der Waals surface area (Å²) < 4.78 is 8.10. The van der Waals surface area contributed by atoms with Gasteiger partial charge >= 0.3 is 149 Å². The Bertz CT molecular complexity index is 514. The van der Waals surface area contributed by atoms with Gasteiger partial charge in [-0.1, -0.05) is 0 Å². The molecule has 0 aromatic heterocycles. The molecule has 1 rings (SSSR count). The van der Waals surface area contributed by atoms with Crippen molar-refractivity contribution >= 4 is 18.4 Å². The van der Waals surface area contributed by atoms with Crippen LogP contribution in [0.1, 0.15) is 64.9 Å². The number of unbranched alkanes of at least 4 members (excludes halogenated alkanes) is 3. The predicted octanol–water partition coefficient (Wildman–Crippen LogP) is 6.43. The van der Waals surface area contributed by atoms with Crippen molar-refractivity contribution < 1.29 is 0 Å². The van der Waals surface area contributed by atoms with Crippen molar-refractivity contribution in [2.24, 2.45) is 0 Å². The third-order valence-electron chi connectivity index (χ3n) is 4.40. The molecule has 0 unspecified atom stereocenters. The quantitative estimate of drug-likeness (QED) is 0.322. The van der Waals surface area contributed by atoms with Crippen molar-refractivity contribution in [3.63, 3.8) is 0 Å². The summed E-state index contributed by atoms with van der Waals surface area (Å²) in [6, 6.07) is 10.2. The van der Waals surface area contributed by atoms with E-state index in [0.717, 1.165) is 5.56 Å². The molecule has 1 heteroatoms. The van der Waals surface area contributed by atoms with Crippen LogP contribution in [-0.2, 0) is 0 Å². The first-order chi connectivity index (χ1) is 11.3. The molecule has 0 N–H and O–H groups in total. The van der Waals surface area contributed by atoms with Crippen LogP contribution in [0, 0.1) is 21.7 Å². The van der Waals surface area contributed by atoms with Crippen molar-refractivity contribution in [3.8, 4) is 21.7 Å². The summed E-state index contributed by atoms with van der Waals surface area (Å²) in [5, 5.41) is 0. The van der Waals surface area contributed by atoms with Crippen molar-refractivity contribution in [1.82, 2.24) is 0 Å². The summed E-state index contributed by atoms with van der Waals surface area (Å²) in [7, 11) is 0. The number of hydrogen-bond acceptors (Lipinski definition) is 0. The van der Waals surface area contributed by atoms with Gasteiger partial charge in [-0.3, -0.25) is 0 Å². The average Bonchev–Trinajstić information content (AvgIpc) is 2.60. The van der Waals surface area contributed by atoms with Gasteiger partial charge in [-0.15, -0.1) is 0 Å². The van der Waals surface area contributed by atoms with Gasteiger partial charge in [-0.25, -0.2) is 0 Å². The summed E-state index contributed by atoms with van der Waals surface area (Å²) in [4.78, 5) is 0. The van der Waals surface area contributed by atoms with E-state index in [1.165, 1.54) is 51.8 Å². The number of hydrogen-bond donors (Lipinski definition) is 0. The molecule has 0 saturated heterocycles. The Balaban J connectivity index is 2.88. The zero-order valence-electron chi connectivity index (χ0n) is 15.3. The molecule has 124 valence electrons. The molecule has 1 aromatic rings. The summed E-state index contributed by atoms with van der Waals surface area (Å²) in [6.07, 6.45) is 8.00. The molecule has 0 amide bonds. The van der Waals surface area contributed by atoms with Crippen LogP contribution in [0.4, 0.5) is 0 Å². The van der Waals surface area contributed by atoms with Gasteiger partial charge in [-0.05, 0) is 0 Å². The summed E-state index contributed by atoms with van der Waals surface area (Å²) in [5.74, 6) is 9.61. The second-order valence-electron chi connectivity index (χ2n) is 6.46. The Kier molecular flexibility index (Phi) is 11.0. The molecule has 0 atom stereocenters. The molecule has 1 aromatic carbocycles. The SMILES string of the molecule is CCC[CH2][Sn]([C]#CC#Cc1ccccc1)([CH2]CCC)[CH2]CCC. The van der Waals surface area contributed by atoms with E-state index in [1.54, 1.807) is 0 Å². The summed E-state index contributed by atoms with van der Waals surface area (Å²) in [5.41, 5.74) is 1.07. The van der Waals surface area contributed by atoms with E-state index in [4.69, 9.17) is 0 Å². The van der Waals surface area contributed by atoms with Crippen LogP contribution >= 0.6 is 0 Å². The van der Waals surface area contributed by atoms with Gasteiger partial charge in [0, 0.05) is 0 Å². The molecule has 0 nitrogen and oxygen atoms in total. The van der Waals surface area contributed by atoms with Gasteiger partial charge in [0.25, 0.3) is 0 Å². The van der Waals surface area contributed by atoms with E-state index in [1.807, 2.05) is 18.2 Å². The van der Waals surface area contributed by atoms with Gasteiger partial charge in [0.2, 0.25) is 0 Å². The molecule has 0 aliphatic rings. The minimum absolute atomic E-state index is 1.07. The fourth-order valence-electron chi connectivity index (χ4n) is 2.90. The van der Waals surface area contributed by atoms with E-state index < -0.39 is 18.4 Å². The van der Waals surface area contributed by atoms with Crippen LogP contribution < -0.4 is 0 Å². The Hall–Kier alpha value is -0.861. The third-order valence-corrected chi connectivity index (χ3v) is 17.5. The standard InChI is InChI=1S/C10H5.3C4H9.Sn/c1-2-3-7-10-8-5-4-6-9-10;3*1-3-4-2;/h4-6,8-9H;3*1,3-4H2,2H3;. The summed E-state index contributed by atoms with van der Waals surface area (Å²) in [6.45, 7) is 6.91. The zero-order chi connectivity index (χ0) is 16.8. The van der Waals surface area contributed by atoms with Gasteiger partial charge in [-0.2, -0.15) is 0 Å². The topological polar surface area (TPSA) is 0 Å². The molecule has 0 aliphatic carbocycles. The molecule has 0 heterocycles. The second-order valence-corrected chi connectivity index (χ2v) is 18.8. The number of rotatable bonds is 9. The van der Waals surface area contributed by atoms with Crippen LogP contribution in [-0.4, -0.2) is 18.4 Å². The third kappa shape index (κ3) is 8.52. The molecule has 23 heavy (non-hydrogen) atoms. The Labute approximate surface area is 148 Å². The van der Waals surface area contributed by atoms with Gasteiger partial charge in [0.05, 0.1) is 0 Å². The first-order valence-corrected chi connectivity index (χ1v) is 16.8. The fourth-order valence-corrected chi connectivity index (χ4v) is 15.9. The van der Waals surface area contributed by atoms with Crippen LogP contribution in [0.5, 0.6) is 0 Å². The van der Waals surface area contributed by atoms with Crippen molar-refractivity contribution in [3.05, 3.63) is 35.9 Å². The maximum atomic E-state index is 3.79. The molecular formula is C22H32Sn. The number of benzene rings is 1. The van der Waals surface area contributed by atoms with E-state index >= 15 is 0 Å². The first kappa shape index (κ1) is 20.2. The van der Waals surface area contributed by atoms with Crippen LogP contribution in [0.2, 0.25) is 13.3 Å². The molecule has 0 saturated carbocycles. The normalized spacial score (nSPS) is 10.4. The predicted molar refractivity (Wildman–Crippen MR) is 106 cm³/mol. The molecule has 0 radical (unpaired) electrons. The van der Waals surface area contributed by atoms with Crippen LogP contribution in [0.15, 0.2) is 30.3 Å². The van der Waals surface area contributed by atoms with E-state index in [0.29, 0.717) is 0 Å². The van der Waals surface area contributed by atoms with Crippen LogP contribution in [0.25, 0.3) is 0 Å². The fraction of sp³-hybridized carbons (Fsp3) is 0.545. The van der Waals surface area contributed by atoms with Gasteiger partial charge in [0.15, 0.2) is 0 Å². The Morgan fingerprint density at radius 3 is 1.74 bits per heavy atom. The molecule has 0 aliphatic heterocycles. The van der Waals surface area contributed by atoms with Crippen molar-refractivity contribution in [2.45, 2.75) is 72.6 Å². The maximum absolute atomic E-state index is 3.79. The Morgan fingerprint density at radius 1 is 0.739 bits per heavy atom. The van der Waals surface area contributed by atoms with Crippen molar-refractivity contribution in [2.75, 3.05) is 0 Å². The summed E-state index contributed by atoms with van der Waals surface area (Å²) >= 11 is -2.30. The average molecular weight is 415 g/mol. The van der Waals surface area contributed by atoms with E-state index in [2.05, 4.69) is 54.6 Å². The Morgan fingerprint density at radius 2 is 1.26 bits per heavy atom. The van der Waals surface area contributed by atoms with Crippen LogP contribution in [0.3, 0.4) is 0 Å². The second kappa shape index (κ2) is 12.5. The molecule has 0 spiro atoms. The first-order valence-electron chi connectivity index (χ1n) is 9.34. The van der Waals surface area contributed by atoms with Gasteiger partial charge in [0.1, 0.15) is 0 Å². The minimum atomic E-state index is -2.30. The molecule has 0 fully saturated rings. The van der Waals surface area contributed by atoms with E-state index in [-0.39, 0.29) is 0 Å². The molecule has 0 bridgehead atoms. The van der Waals surface area contributed by atoms with E-state index in [9.17, 15) is 0 Å². The monoisotopic (exact) mass is 416 g/mol. The van der Waals surface area contributed by atoms with Gasteiger partial charge < -0.3 is 0 Å². The zero-order valence-corrected chi connectivity index (χ0v) is 18.1. The molecular weight excluding hydrogens is 383 g/mol. The van der Waals surface area contributed by atoms with Crippen molar-refractivity contribution in [1.29, 1.82) is 0 Å².